The molecule has 24 heavy (non-hydrogen) atoms. The summed E-state index contributed by atoms with van der Waals surface area (Å²) in [4.78, 5) is 2.38. The van der Waals surface area contributed by atoms with E-state index in [1.807, 2.05) is 0 Å². The molecule has 1 aliphatic rings. The molecular formula is C21H29NOSi. The number of hydrogen-bond acceptors (Lipinski definition) is 2. The minimum Gasteiger partial charge on any atom is -0.392 e. The quantitative estimate of drug-likeness (QED) is 0.869. The van der Waals surface area contributed by atoms with E-state index < -0.39 is 13.3 Å². The molecule has 3 unspecified atom stereocenters. The molecule has 2 nitrogen and oxygen atoms in total. The lowest BCUT2D eigenvalue weighted by Crippen LogP contribution is -2.77. The highest BCUT2D eigenvalue weighted by atomic mass is 28.3. The number of piperidine rings is 1. The van der Waals surface area contributed by atoms with Crippen LogP contribution in [0.3, 0.4) is 0 Å². The van der Waals surface area contributed by atoms with Crippen molar-refractivity contribution in [2.24, 2.45) is 5.92 Å². The van der Waals surface area contributed by atoms with Gasteiger partial charge in [0, 0.05) is 12.6 Å². The molecule has 1 heterocycles. The van der Waals surface area contributed by atoms with Crippen LogP contribution in [0.1, 0.15) is 20.3 Å². The highest BCUT2D eigenvalue weighted by molar-refractivity contribution is 7.03. The molecule has 1 N–H and O–H groups in total. The van der Waals surface area contributed by atoms with Crippen molar-refractivity contribution >= 4 is 18.4 Å². The third-order valence-electron chi connectivity index (χ3n) is 6.30. The first-order valence-electron chi connectivity index (χ1n) is 8.93. The van der Waals surface area contributed by atoms with Crippen molar-refractivity contribution in [2.75, 3.05) is 13.6 Å². The fourth-order valence-electron chi connectivity index (χ4n) is 4.48. The molecule has 0 bridgehead atoms. The van der Waals surface area contributed by atoms with E-state index >= 15 is 0 Å². The molecule has 128 valence electrons. The molecule has 2 aromatic carbocycles. The minimum absolute atomic E-state index is 0.246. The summed E-state index contributed by atoms with van der Waals surface area (Å²) in [6, 6.07) is 21.8. The van der Waals surface area contributed by atoms with Crippen molar-refractivity contribution in [3.8, 4) is 0 Å². The largest absolute Gasteiger partial charge is 0.392 e. The Morgan fingerprint density at radius 2 is 1.42 bits per heavy atom. The monoisotopic (exact) mass is 339 g/mol. The average molecular weight is 340 g/mol. The van der Waals surface area contributed by atoms with Crippen molar-refractivity contribution in [3.05, 3.63) is 60.7 Å². The Labute approximate surface area is 147 Å². The molecule has 0 amide bonds. The topological polar surface area (TPSA) is 23.5 Å². The molecule has 0 radical (unpaired) electrons. The smallest absolute Gasteiger partial charge is 0.149 e. The zero-order valence-corrected chi connectivity index (χ0v) is 16.2. The Kier molecular flexibility index (Phi) is 4.69. The Morgan fingerprint density at radius 1 is 0.958 bits per heavy atom. The summed E-state index contributed by atoms with van der Waals surface area (Å²) in [5.74, 6) is 0.246. The van der Waals surface area contributed by atoms with Crippen molar-refractivity contribution in [1.82, 2.24) is 4.90 Å². The molecular weight excluding hydrogens is 310 g/mol. The molecule has 3 atom stereocenters. The van der Waals surface area contributed by atoms with Crippen molar-refractivity contribution in [1.29, 1.82) is 0 Å². The predicted octanol–water partition coefficient (Wildman–Crippen LogP) is 2.51. The van der Waals surface area contributed by atoms with Crippen LogP contribution in [0.5, 0.6) is 0 Å². The minimum atomic E-state index is -2.33. The van der Waals surface area contributed by atoms with E-state index in [1.54, 1.807) is 0 Å². The van der Waals surface area contributed by atoms with Crippen LogP contribution in [0.15, 0.2) is 60.7 Å². The molecule has 0 spiro atoms. The fraction of sp³-hybridized carbons (Fsp3) is 0.429. The van der Waals surface area contributed by atoms with Gasteiger partial charge in [0.25, 0.3) is 0 Å². The number of rotatable bonds is 3. The number of aliphatic hydroxyl groups is 1. The standard InChI is InChI=1S/C21H29NOSi/c1-17-16-22(3)18(2)15-21(17,23)24(4,19-11-7-5-8-12-19)20-13-9-6-10-14-20/h5-14,17-18,23H,15-16H2,1-4H3. The third-order valence-corrected chi connectivity index (χ3v) is 11.7. The van der Waals surface area contributed by atoms with Crippen LogP contribution in [0.4, 0.5) is 0 Å². The van der Waals surface area contributed by atoms with E-state index in [1.165, 1.54) is 10.4 Å². The molecule has 3 heteroatoms. The van der Waals surface area contributed by atoms with Gasteiger partial charge < -0.3 is 10.0 Å². The maximum atomic E-state index is 12.1. The van der Waals surface area contributed by atoms with E-state index in [9.17, 15) is 5.11 Å². The van der Waals surface area contributed by atoms with Crippen LogP contribution in [0.25, 0.3) is 0 Å². The van der Waals surface area contributed by atoms with Gasteiger partial charge in [-0.25, -0.2) is 0 Å². The van der Waals surface area contributed by atoms with Gasteiger partial charge in [-0.05, 0) is 26.3 Å². The van der Waals surface area contributed by atoms with Crippen LogP contribution in [0.2, 0.25) is 6.55 Å². The van der Waals surface area contributed by atoms with E-state index in [-0.39, 0.29) is 5.92 Å². The van der Waals surface area contributed by atoms with Crippen molar-refractivity contribution in [3.63, 3.8) is 0 Å². The zero-order valence-electron chi connectivity index (χ0n) is 15.2. The van der Waals surface area contributed by atoms with Crippen LogP contribution in [0, 0.1) is 5.92 Å². The molecule has 0 aromatic heterocycles. The average Bonchev–Trinajstić information content (AvgIpc) is 2.61. The summed E-state index contributed by atoms with van der Waals surface area (Å²) in [5.41, 5.74) is 0. The number of nitrogens with zero attached hydrogens (tertiary/aromatic N) is 1. The maximum Gasteiger partial charge on any atom is 0.149 e. The van der Waals surface area contributed by atoms with Gasteiger partial charge in [0.15, 0.2) is 0 Å². The SMILES string of the molecule is CC1CC(O)([Si](C)(c2ccccc2)c2ccccc2)C(C)CN1C. The summed E-state index contributed by atoms with van der Waals surface area (Å²) < 4.78 is 0. The second-order valence-electron chi connectivity index (χ2n) is 7.68. The second-order valence-corrected chi connectivity index (χ2v) is 11.9. The van der Waals surface area contributed by atoms with E-state index in [0.717, 1.165) is 13.0 Å². The molecule has 0 saturated carbocycles. The third kappa shape index (κ3) is 2.65. The lowest BCUT2D eigenvalue weighted by molar-refractivity contribution is -0.0228. The highest BCUT2D eigenvalue weighted by Gasteiger charge is 2.56. The van der Waals surface area contributed by atoms with Crippen LogP contribution in [-0.4, -0.2) is 42.9 Å². The van der Waals surface area contributed by atoms with Gasteiger partial charge in [0.1, 0.15) is 8.07 Å². The number of hydrogen-bond donors (Lipinski definition) is 1. The van der Waals surface area contributed by atoms with Crippen LogP contribution < -0.4 is 10.4 Å². The summed E-state index contributed by atoms with van der Waals surface area (Å²) in [6.45, 7) is 7.76. The first-order valence-corrected chi connectivity index (χ1v) is 11.4. The van der Waals surface area contributed by atoms with Gasteiger partial charge in [-0.2, -0.15) is 0 Å². The molecule has 1 saturated heterocycles. The molecule has 0 aliphatic carbocycles. The van der Waals surface area contributed by atoms with E-state index in [4.69, 9.17) is 0 Å². The van der Waals surface area contributed by atoms with Gasteiger partial charge in [-0.1, -0.05) is 84.5 Å². The van der Waals surface area contributed by atoms with E-state index in [2.05, 4.69) is 93.0 Å². The van der Waals surface area contributed by atoms with Gasteiger partial charge in [-0.15, -0.1) is 0 Å². The lowest BCUT2D eigenvalue weighted by Gasteiger charge is -2.54. The fourth-order valence-corrected chi connectivity index (χ4v) is 9.31. The Bertz CT molecular complexity index is 635. The summed E-state index contributed by atoms with van der Waals surface area (Å²) in [5, 5.41) is 14.1. The second kappa shape index (κ2) is 6.47. The van der Waals surface area contributed by atoms with Gasteiger partial charge >= 0.3 is 0 Å². The molecule has 1 aliphatic heterocycles. The highest BCUT2D eigenvalue weighted by Crippen LogP contribution is 2.38. The van der Waals surface area contributed by atoms with Crippen LogP contribution >= 0.6 is 0 Å². The summed E-state index contributed by atoms with van der Waals surface area (Å²) >= 11 is 0. The Balaban J connectivity index is 2.19. The van der Waals surface area contributed by atoms with Gasteiger partial charge in [-0.3, -0.25) is 0 Å². The first-order chi connectivity index (χ1) is 11.4. The summed E-state index contributed by atoms with van der Waals surface area (Å²) in [6.07, 6.45) is 0.831. The Hall–Kier alpha value is -1.42. The molecule has 3 rings (SSSR count). The van der Waals surface area contributed by atoms with Gasteiger partial charge in [0.05, 0.1) is 5.22 Å². The number of benzene rings is 2. The Morgan fingerprint density at radius 3 is 1.88 bits per heavy atom. The molecule has 2 aromatic rings. The first kappa shape index (κ1) is 17.4. The normalized spacial score (nSPS) is 28.7. The number of likely N-dealkylation sites (tertiary alicyclic amines) is 1. The predicted molar refractivity (Wildman–Crippen MR) is 105 cm³/mol. The summed E-state index contributed by atoms with van der Waals surface area (Å²) in [7, 11) is -0.159. The lowest BCUT2D eigenvalue weighted by atomic mass is 9.91. The van der Waals surface area contributed by atoms with Crippen molar-refractivity contribution in [2.45, 2.75) is 38.1 Å². The van der Waals surface area contributed by atoms with Crippen LogP contribution in [-0.2, 0) is 0 Å². The maximum absolute atomic E-state index is 12.1. The van der Waals surface area contributed by atoms with Crippen molar-refractivity contribution < 1.29 is 5.11 Å². The zero-order chi connectivity index (χ0) is 17.4. The molecule has 1 fully saturated rings. The van der Waals surface area contributed by atoms with E-state index in [0.29, 0.717) is 6.04 Å². The van der Waals surface area contributed by atoms with Gasteiger partial charge in [0.2, 0.25) is 0 Å².